The van der Waals surface area contributed by atoms with Crippen molar-refractivity contribution in [2.75, 3.05) is 25.0 Å². The first-order chi connectivity index (χ1) is 15.6. The van der Waals surface area contributed by atoms with Crippen LogP contribution in [0.15, 0.2) is 5.38 Å². The van der Waals surface area contributed by atoms with Gasteiger partial charge in [-0.15, -0.1) is 11.3 Å². The van der Waals surface area contributed by atoms with E-state index in [2.05, 4.69) is 15.6 Å². The smallest absolute Gasteiger partial charge is 0.418 e. The first kappa shape index (κ1) is 23.6. The molecule has 0 spiro atoms. The fraction of sp³-hybridized carbons (Fsp3) is 0.591. The Labute approximate surface area is 193 Å². The number of nitrogens with zero attached hydrogens (tertiary/aromatic N) is 2. The predicted molar refractivity (Wildman–Crippen MR) is 120 cm³/mol. The van der Waals surface area contributed by atoms with Crippen LogP contribution in [0.25, 0.3) is 10.2 Å². The Morgan fingerprint density at radius 1 is 1.24 bits per heavy atom. The number of ether oxygens (including phenoxy) is 1. The van der Waals surface area contributed by atoms with E-state index in [1.165, 1.54) is 19.4 Å². The first-order valence-electron chi connectivity index (χ1n) is 11.0. The fourth-order valence-corrected chi connectivity index (χ4v) is 5.44. The summed E-state index contributed by atoms with van der Waals surface area (Å²) in [7, 11) is 1.43. The second-order valence-corrected chi connectivity index (χ2v) is 9.58. The standard InChI is InChI=1S/C22H27F3N4O3S/c1-11-16(22(23,24)25)18-17(15(10-33-18)20(30)26-3)28-19(11)29-8-6-14(7-9-29)32-21(31)27-12(2)13-4-5-13/h10,12-14H,4-9H2,1-3H3,(H,26,30)(H,27,31)/t12-/m0/s1. The van der Waals surface area contributed by atoms with Gasteiger partial charge >= 0.3 is 12.3 Å². The first-order valence-corrected chi connectivity index (χ1v) is 11.9. The normalized spacial score (nSPS) is 18.3. The molecule has 1 aliphatic carbocycles. The van der Waals surface area contributed by atoms with Crippen LogP contribution in [-0.2, 0) is 10.9 Å². The summed E-state index contributed by atoms with van der Waals surface area (Å²) >= 11 is 0.873. The van der Waals surface area contributed by atoms with Crippen molar-refractivity contribution in [1.29, 1.82) is 0 Å². The second kappa shape index (κ2) is 9.00. The van der Waals surface area contributed by atoms with Crippen molar-refractivity contribution in [3.63, 3.8) is 0 Å². The number of anilines is 1. The van der Waals surface area contributed by atoms with E-state index < -0.39 is 23.7 Å². The van der Waals surface area contributed by atoms with Crippen LogP contribution in [-0.4, -0.2) is 49.3 Å². The average molecular weight is 485 g/mol. The van der Waals surface area contributed by atoms with Gasteiger partial charge in [-0.1, -0.05) is 0 Å². The maximum absolute atomic E-state index is 14.0. The van der Waals surface area contributed by atoms with Crippen LogP contribution < -0.4 is 15.5 Å². The number of piperidine rings is 1. The SMILES string of the molecule is CNC(=O)c1csc2c(C(F)(F)F)c(C)c(N3CCC(OC(=O)N[C@@H](C)C4CC4)CC3)nc12. The van der Waals surface area contributed by atoms with Crippen molar-refractivity contribution < 1.29 is 27.5 Å². The number of hydrogen-bond acceptors (Lipinski definition) is 6. The topological polar surface area (TPSA) is 83.6 Å². The average Bonchev–Trinajstić information content (AvgIpc) is 3.53. The zero-order chi connectivity index (χ0) is 23.9. The van der Waals surface area contributed by atoms with E-state index in [0.717, 1.165) is 24.2 Å². The number of alkyl carbamates (subject to hydrolysis) is 1. The molecule has 2 fully saturated rings. The Kier molecular flexibility index (Phi) is 6.43. The molecule has 4 rings (SSSR count). The van der Waals surface area contributed by atoms with Crippen molar-refractivity contribution in [2.45, 2.75) is 57.9 Å². The van der Waals surface area contributed by atoms with Gasteiger partial charge in [0.1, 0.15) is 11.9 Å². The summed E-state index contributed by atoms with van der Waals surface area (Å²) in [6.45, 7) is 4.17. The number of amides is 2. The van der Waals surface area contributed by atoms with Crippen LogP contribution in [0.2, 0.25) is 0 Å². The molecular weight excluding hydrogens is 457 g/mol. The molecule has 1 saturated carbocycles. The molecule has 2 aromatic heterocycles. The van der Waals surface area contributed by atoms with Crippen LogP contribution in [0, 0.1) is 12.8 Å². The van der Waals surface area contributed by atoms with Crippen LogP contribution in [0.4, 0.5) is 23.8 Å². The zero-order valence-electron chi connectivity index (χ0n) is 18.7. The Morgan fingerprint density at radius 3 is 2.48 bits per heavy atom. The molecule has 1 atom stereocenters. The summed E-state index contributed by atoms with van der Waals surface area (Å²) in [6.07, 6.45) is -2.14. The van der Waals surface area contributed by atoms with Crippen LogP contribution in [0.1, 0.15) is 54.1 Å². The Morgan fingerprint density at radius 2 is 1.91 bits per heavy atom. The number of aromatic nitrogens is 1. The monoisotopic (exact) mass is 484 g/mol. The highest BCUT2D eigenvalue weighted by Crippen LogP contribution is 2.43. The molecule has 0 aromatic carbocycles. The number of hydrogen-bond donors (Lipinski definition) is 2. The zero-order valence-corrected chi connectivity index (χ0v) is 19.5. The molecular formula is C22H27F3N4O3S. The molecule has 2 amide bonds. The minimum Gasteiger partial charge on any atom is -0.446 e. The molecule has 180 valence electrons. The lowest BCUT2D eigenvalue weighted by Crippen LogP contribution is -2.42. The van der Waals surface area contributed by atoms with Gasteiger partial charge in [0.05, 0.1) is 21.3 Å². The third kappa shape index (κ3) is 4.87. The summed E-state index contributed by atoms with van der Waals surface area (Å²) in [5.74, 6) is 0.252. The molecule has 2 aliphatic rings. The highest BCUT2D eigenvalue weighted by molar-refractivity contribution is 7.17. The van der Waals surface area contributed by atoms with Crippen molar-refractivity contribution >= 4 is 39.4 Å². The number of carbonyl (C=O) groups excluding carboxylic acids is 2. The van der Waals surface area contributed by atoms with Crippen LogP contribution in [0.5, 0.6) is 0 Å². The number of pyridine rings is 1. The Bertz CT molecular complexity index is 1060. The van der Waals surface area contributed by atoms with Crippen molar-refractivity contribution in [3.8, 4) is 0 Å². The van der Waals surface area contributed by atoms with Crippen molar-refractivity contribution in [3.05, 3.63) is 22.1 Å². The number of nitrogens with one attached hydrogen (secondary N) is 2. The summed E-state index contributed by atoms with van der Waals surface area (Å²) in [4.78, 5) is 30.6. The van der Waals surface area contributed by atoms with E-state index in [1.807, 2.05) is 6.92 Å². The van der Waals surface area contributed by atoms with Gasteiger partial charge in [-0.25, -0.2) is 9.78 Å². The molecule has 1 saturated heterocycles. The van der Waals surface area contributed by atoms with Crippen molar-refractivity contribution in [2.24, 2.45) is 5.92 Å². The van der Waals surface area contributed by atoms with E-state index in [9.17, 15) is 22.8 Å². The summed E-state index contributed by atoms with van der Waals surface area (Å²) in [5, 5.41) is 6.73. The van der Waals surface area contributed by atoms with Gasteiger partial charge in [0.25, 0.3) is 5.91 Å². The lowest BCUT2D eigenvalue weighted by atomic mass is 10.0. The van der Waals surface area contributed by atoms with Gasteiger partial charge in [-0.05, 0) is 32.6 Å². The van der Waals surface area contributed by atoms with Crippen molar-refractivity contribution in [1.82, 2.24) is 15.6 Å². The quantitative estimate of drug-likeness (QED) is 0.654. The van der Waals surface area contributed by atoms with E-state index in [-0.39, 0.29) is 39.3 Å². The molecule has 2 N–H and O–H groups in total. The molecule has 2 aromatic rings. The summed E-state index contributed by atoms with van der Waals surface area (Å²) in [6, 6.07) is 0.0806. The van der Waals surface area contributed by atoms with E-state index in [4.69, 9.17) is 4.74 Å². The van der Waals surface area contributed by atoms with E-state index in [0.29, 0.717) is 31.8 Å². The number of fused-ring (bicyclic) bond motifs is 1. The third-order valence-corrected chi connectivity index (χ3v) is 7.35. The van der Waals surface area contributed by atoms with Gasteiger partial charge in [-0.3, -0.25) is 4.79 Å². The van der Waals surface area contributed by atoms with Gasteiger partial charge in [0.15, 0.2) is 0 Å². The summed E-state index contributed by atoms with van der Waals surface area (Å²) in [5.41, 5.74) is -0.534. The second-order valence-electron chi connectivity index (χ2n) is 8.70. The maximum Gasteiger partial charge on any atom is 0.418 e. The minimum atomic E-state index is -4.58. The van der Waals surface area contributed by atoms with Gasteiger partial charge in [0.2, 0.25) is 0 Å². The Balaban J connectivity index is 1.54. The number of carbonyl (C=O) groups is 2. The maximum atomic E-state index is 14.0. The lowest BCUT2D eigenvalue weighted by molar-refractivity contribution is -0.136. The molecule has 7 nitrogen and oxygen atoms in total. The molecule has 1 aliphatic heterocycles. The van der Waals surface area contributed by atoms with Crippen LogP contribution >= 0.6 is 11.3 Å². The molecule has 3 heterocycles. The number of rotatable bonds is 5. The number of alkyl halides is 3. The van der Waals surface area contributed by atoms with Gasteiger partial charge < -0.3 is 20.3 Å². The number of thiophene rings is 1. The highest BCUT2D eigenvalue weighted by atomic mass is 32.1. The number of halogens is 3. The Hall–Kier alpha value is -2.56. The highest BCUT2D eigenvalue weighted by Gasteiger charge is 2.39. The molecule has 33 heavy (non-hydrogen) atoms. The van der Waals surface area contributed by atoms with Gasteiger partial charge in [-0.2, -0.15) is 13.2 Å². The van der Waals surface area contributed by atoms with Gasteiger partial charge in [0, 0.05) is 50.0 Å². The molecule has 0 bridgehead atoms. The minimum absolute atomic E-state index is 0.0377. The van der Waals surface area contributed by atoms with Crippen LogP contribution in [0.3, 0.4) is 0 Å². The summed E-state index contributed by atoms with van der Waals surface area (Å²) < 4.78 is 47.4. The molecule has 0 unspecified atom stereocenters. The third-order valence-electron chi connectivity index (χ3n) is 6.37. The predicted octanol–water partition coefficient (Wildman–Crippen LogP) is 4.48. The fourth-order valence-electron chi connectivity index (χ4n) is 4.33. The largest absolute Gasteiger partial charge is 0.446 e. The van der Waals surface area contributed by atoms with E-state index in [1.54, 1.807) is 4.90 Å². The van der Waals surface area contributed by atoms with E-state index >= 15 is 0 Å². The lowest BCUT2D eigenvalue weighted by Gasteiger charge is -2.34. The molecule has 0 radical (unpaired) electrons. The molecule has 11 heteroatoms.